The van der Waals surface area contributed by atoms with E-state index < -0.39 is 0 Å². The van der Waals surface area contributed by atoms with Crippen LogP contribution in [0.25, 0.3) is 0 Å². The van der Waals surface area contributed by atoms with Crippen molar-refractivity contribution in [2.75, 3.05) is 31.6 Å². The Morgan fingerprint density at radius 1 is 1.22 bits per heavy atom. The molecule has 3 heterocycles. The van der Waals surface area contributed by atoms with Crippen LogP contribution >= 0.6 is 0 Å². The zero-order valence-electron chi connectivity index (χ0n) is 16.7. The van der Waals surface area contributed by atoms with Gasteiger partial charge in [0.2, 0.25) is 5.82 Å². The predicted molar refractivity (Wildman–Crippen MR) is 104 cm³/mol. The molecule has 148 valence electrons. The van der Waals surface area contributed by atoms with Gasteiger partial charge in [-0.05, 0) is 39.5 Å². The summed E-state index contributed by atoms with van der Waals surface area (Å²) in [6.07, 6.45) is 7.17. The van der Waals surface area contributed by atoms with Crippen LogP contribution in [-0.4, -0.2) is 60.3 Å². The molecular weight excluding hydrogens is 342 g/mol. The number of aryl methyl sites for hydroxylation is 1. The summed E-state index contributed by atoms with van der Waals surface area (Å²) in [5, 5.41) is 6.53. The molecule has 4 rings (SSSR count). The van der Waals surface area contributed by atoms with E-state index in [1.54, 1.807) is 7.05 Å². The molecule has 3 aliphatic rings. The molecule has 2 aliphatic heterocycles. The van der Waals surface area contributed by atoms with E-state index in [4.69, 9.17) is 4.74 Å². The lowest BCUT2D eigenvalue weighted by Crippen LogP contribution is -2.50. The molecule has 7 nitrogen and oxygen atoms in total. The Bertz CT molecular complexity index is 711. The van der Waals surface area contributed by atoms with Gasteiger partial charge in [0.1, 0.15) is 5.82 Å². The number of amides is 1. The molecule has 1 spiro atoms. The molecule has 1 unspecified atom stereocenters. The van der Waals surface area contributed by atoms with Gasteiger partial charge in [0.15, 0.2) is 0 Å². The third-order valence-electron chi connectivity index (χ3n) is 6.60. The highest BCUT2D eigenvalue weighted by atomic mass is 16.5. The molecule has 2 atom stereocenters. The molecule has 2 saturated heterocycles. The van der Waals surface area contributed by atoms with Crippen molar-refractivity contribution in [2.45, 2.75) is 70.1 Å². The van der Waals surface area contributed by atoms with E-state index in [0.29, 0.717) is 12.1 Å². The van der Waals surface area contributed by atoms with Gasteiger partial charge in [-0.1, -0.05) is 12.8 Å². The van der Waals surface area contributed by atoms with Crippen LogP contribution in [0.5, 0.6) is 0 Å². The fourth-order valence-corrected chi connectivity index (χ4v) is 4.95. The van der Waals surface area contributed by atoms with Gasteiger partial charge in [0.25, 0.3) is 5.91 Å². The number of nitrogens with zero attached hydrogens (tertiary/aromatic N) is 3. The Kier molecular flexibility index (Phi) is 5.07. The van der Waals surface area contributed by atoms with Crippen molar-refractivity contribution in [1.29, 1.82) is 0 Å². The van der Waals surface area contributed by atoms with E-state index in [-0.39, 0.29) is 17.3 Å². The first-order valence-corrected chi connectivity index (χ1v) is 10.2. The molecule has 3 fully saturated rings. The first-order valence-electron chi connectivity index (χ1n) is 10.2. The van der Waals surface area contributed by atoms with Gasteiger partial charge in [-0.15, -0.1) is 0 Å². The normalized spacial score (nSPS) is 26.9. The molecule has 2 N–H and O–H groups in total. The quantitative estimate of drug-likeness (QED) is 0.837. The predicted octanol–water partition coefficient (Wildman–Crippen LogP) is 1.72. The maximum atomic E-state index is 12.0. The minimum absolute atomic E-state index is 0.0845. The van der Waals surface area contributed by atoms with E-state index in [1.165, 1.54) is 25.7 Å². The van der Waals surface area contributed by atoms with Gasteiger partial charge in [-0.3, -0.25) is 4.79 Å². The van der Waals surface area contributed by atoms with Gasteiger partial charge in [0.05, 0.1) is 5.60 Å². The highest BCUT2D eigenvalue weighted by molar-refractivity contribution is 5.90. The van der Waals surface area contributed by atoms with Crippen LogP contribution in [0.2, 0.25) is 0 Å². The molecule has 1 aliphatic carbocycles. The number of carbonyl (C=O) groups is 1. The van der Waals surface area contributed by atoms with Crippen LogP contribution in [0.3, 0.4) is 0 Å². The number of rotatable bonds is 4. The van der Waals surface area contributed by atoms with Crippen LogP contribution in [0.15, 0.2) is 0 Å². The third kappa shape index (κ3) is 3.43. The summed E-state index contributed by atoms with van der Waals surface area (Å²) in [7, 11) is 1.61. The molecule has 1 aromatic rings. The molecule has 1 aromatic heterocycles. The SMILES string of the molecule is CNC(=O)c1nc(C)c(C)c(N2CC[C@@H](NC3CCOC34CCCC4)C2)n1. The number of hydrogen-bond donors (Lipinski definition) is 2. The average Bonchev–Trinajstić information content (AvgIpc) is 3.40. The number of aromatic nitrogens is 2. The van der Waals surface area contributed by atoms with Crippen LogP contribution < -0.4 is 15.5 Å². The smallest absolute Gasteiger partial charge is 0.288 e. The van der Waals surface area contributed by atoms with Gasteiger partial charge < -0.3 is 20.3 Å². The topological polar surface area (TPSA) is 79.4 Å². The Morgan fingerprint density at radius 3 is 2.74 bits per heavy atom. The maximum Gasteiger partial charge on any atom is 0.288 e. The third-order valence-corrected chi connectivity index (χ3v) is 6.60. The van der Waals surface area contributed by atoms with Crippen molar-refractivity contribution in [1.82, 2.24) is 20.6 Å². The number of hydrogen-bond acceptors (Lipinski definition) is 6. The second-order valence-corrected chi connectivity index (χ2v) is 8.22. The summed E-state index contributed by atoms with van der Waals surface area (Å²) >= 11 is 0. The first kappa shape index (κ1) is 18.6. The van der Waals surface area contributed by atoms with Crippen molar-refractivity contribution in [3.8, 4) is 0 Å². The van der Waals surface area contributed by atoms with E-state index in [1.807, 2.05) is 13.8 Å². The van der Waals surface area contributed by atoms with Crippen molar-refractivity contribution >= 4 is 11.7 Å². The lowest BCUT2D eigenvalue weighted by Gasteiger charge is -2.32. The van der Waals surface area contributed by atoms with E-state index in [0.717, 1.165) is 49.6 Å². The average molecular weight is 374 g/mol. The van der Waals surface area contributed by atoms with Crippen molar-refractivity contribution in [3.05, 3.63) is 17.1 Å². The second kappa shape index (κ2) is 7.36. The molecule has 0 bridgehead atoms. The van der Waals surface area contributed by atoms with Gasteiger partial charge in [0, 0.05) is 50.1 Å². The van der Waals surface area contributed by atoms with Gasteiger partial charge in [-0.25, -0.2) is 9.97 Å². The lowest BCUT2D eigenvalue weighted by molar-refractivity contribution is -0.00616. The minimum Gasteiger partial charge on any atom is -0.373 e. The molecule has 1 amide bonds. The Hall–Kier alpha value is -1.73. The van der Waals surface area contributed by atoms with Crippen LogP contribution in [0.4, 0.5) is 5.82 Å². The highest BCUT2D eigenvalue weighted by Crippen LogP contribution is 2.41. The fraction of sp³-hybridized carbons (Fsp3) is 0.750. The molecule has 1 saturated carbocycles. The Balaban J connectivity index is 1.47. The molecular formula is C20H31N5O2. The zero-order valence-corrected chi connectivity index (χ0v) is 16.7. The molecule has 7 heteroatoms. The summed E-state index contributed by atoms with van der Waals surface area (Å²) < 4.78 is 6.18. The van der Waals surface area contributed by atoms with Crippen molar-refractivity contribution < 1.29 is 9.53 Å². The zero-order chi connectivity index (χ0) is 19.0. The summed E-state index contributed by atoms with van der Waals surface area (Å²) in [4.78, 5) is 23.2. The van der Waals surface area contributed by atoms with Crippen LogP contribution in [0.1, 0.15) is 60.4 Å². The summed E-state index contributed by atoms with van der Waals surface area (Å²) in [5.41, 5.74) is 2.00. The standard InChI is InChI=1S/C20H31N5O2/c1-13-14(2)22-17(19(26)21-3)24-18(13)25-10-6-15(12-25)23-16-7-11-27-20(16)8-4-5-9-20/h15-16,23H,4-12H2,1-3H3,(H,21,26)/t15-,16?/m1/s1. The van der Waals surface area contributed by atoms with E-state index in [9.17, 15) is 4.79 Å². The Labute approximate surface area is 161 Å². The van der Waals surface area contributed by atoms with Gasteiger partial charge >= 0.3 is 0 Å². The number of carbonyl (C=O) groups excluding carboxylic acids is 1. The van der Waals surface area contributed by atoms with Gasteiger partial charge in [-0.2, -0.15) is 0 Å². The molecule has 0 radical (unpaired) electrons. The second-order valence-electron chi connectivity index (χ2n) is 8.22. The van der Waals surface area contributed by atoms with Crippen LogP contribution in [0, 0.1) is 13.8 Å². The number of ether oxygens (including phenoxy) is 1. The summed E-state index contributed by atoms with van der Waals surface area (Å²) in [6, 6.07) is 0.909. The lowest BCUT2D eigenvalue weighted by atomic mass is 9.92. The summed E-state index contributed by atoms with van der Waals surface area (Å²) in [5.74, 6) is 0.907. The molecule has 27 heavy (non-hydrogen) atoms. The first-order chi connectivity index (χ1) is 13.0. The maximum absolute atomic E-state index is 12.0. The summed E-state index contributed by atoms with van der Waals surface area (Å²) in [6.45, 7) is 6.73. The fourth-order valence-electron chi connectivity index (χ4n) is 4.95. The van der Waals surface area contributed by atoms with Crippen molar-refractivity contribution in [2.24, 2.45) is 0 Å². The monoisotopic (exact) mass is 373 g/mol. The van der Waals surface area contributed by atoms with E-state index >= 15 is 0 Å². The van der Waals surface area contributed by atoms with Crippen LogP contribution in [-0.2, 0) is 4.74 Å². The molecule has 0 aromatic carbocycles. The van der Waals surface area contributed by atoms with E-state index in [2.05, 4.69) is 25.5 Å². The largest absolute Gasteiger partial charge is 0.373 e. The number of nitrogens with one attached hydrogen (secondary N) is 2. The Morgan fingerprint density at radius 2 is 2.00 bits per heavy atom. The van der Waals surface area contributed by atoms with Crippen molar-refractivity contribution in [3.63, 3.8) is 0 Å². The minimum atomic E-state index is -0.237. The number of anilines is 1. The highest BCUT2D eigenvalue weighted by Gasteiger charge is 2.47.